The van der Waals surface area contributed by atoms with Crippen molar-refractivity contribution in [1.29, 1.82) is 0 Å². The number of hydrogen-bond donors (Lipinski definition) is 1. The van der Waals surface area contributed by atoms with E-state index < -0.39 is 9.84 Å². The molecule has 0 atom stereocenters. The maximum absolute atomic E-state index is 11.3. The zero-order chi connectivity index (χ0) is 12.9. The second-order valence-corrected chi connectivity index (χ2v) is 6.86. The summed E-state index contributed by atoms with van der Waals surface area (Å²) >= 11 is 5.99. The maximum Gasteiger partial charge on any atom is 0.150 e. The van der Waals surface area contributed by atoms with Crippen LogP contribution >= 0.6 is 11.6 Å². The van der Waals surface area contributed by atoms with Gasteiger partial charge in [-0.3, -0.25) is 0 Å². The molecule has 1 aromatic rings. The summed E-state index contributed by atoms with van der Waals surface area (Å²) in [4.78, 5) is 0. The van der Waals surface area contributed by atoms with Gasteiger partial charge in [0.05, 0.1) is 5.75 Å². The van der Waals surface area contributed by atoms with Crippen LogP contribution in [-0.4, -0.2) is 26.5 Å². The smallest absolute Gasteiger partial charge is 0.150 e. The first-order valence-corrected chi connectivity index (χ1v) is 7.85. The summed E-state index contributed by atoms with van der Waals surface area (Å²) in [7, 11) is -2.85. The fourth-order valence-corrected chi connectivity index (χ4v) is 2.43. The van der Waals surface area contributed by atoms with Crippen LogP contribution in [0.4, 0.5) is 5.69 Å². The minimum absolute atomic E-state index is 0.212. The van der Waals surface area contributed by atoms with E-state index in [9.17, 15) is 8.42 Å². The minimum Gasteiger partial charge on any atom is -0.385 e. The molecule has 0 unspecified atom stereocenters. The van der Waals surface area contributed by atoms with Crippen LogP contribution in [0.15, 0.2) is 18.2 Å². The molecule has 0 saturated heterocycles. The first kappa shape index (κ1) is 14.3. The van der Waals surface area contributed by atoms with Gasteiger partial charge in [-0.25, -0.2) is 8.42 Å². The fraction of sp³-hybridized carbons (Fsp3) is 0.500. The van der Waals surface area contributed by atoms with Gasteiger partial charge in [-0.05, 0) is 31.0 Å². The highest BCUT2D eigenvalue weighted by molar-refractivity contribution is 7.91. The molecule has 0 amide bonds. The van der Waals surface area contributed by atoms with Crippen LogP contribution in [-0.2, 0) is 9.84 Å². The molecule has 0 aliphatic rings. The van der Waals surface area contributed by atoms with Crippen molar-refractivity contribution in [1.82, 2.24) is 0 Å². The monoisotopic (exact) mass is 275 g/mol. The van der Waals surface area contributed by atoms with Gasteiger partial charge < -0.3 is 5.32 Å². The molecule has 1 aromatic carbocycles. The van der Waals surface area contributed by atoms with E-state index >= 15 is 0 Å². The molecule has 1 rings (SSSR count). The lowest BCUT2D eigenvalue weighted by atomic mass is 10.2. The normalized spacial score (nSPS) is 11.5. The van der Waals surface area contributed by atoms with E-state index in [2.05, 4.69) is 5.32 Å². The molecule has 17 heavy (non-hydrogen) atoms. The Morgan fingerprint density at radius 2 is 2.06 bits per heavy atom. The van der Waals surface area contributed by atoms with Crippen molar-refractivity contribution < 1.29 is 8.42 Å². The van der Waals surface area contributed by atoms with Crippen molar-refractivity contribution in [2.45, 2.75) is 20.3 Å². The first-order chi connectivity index (χ1) is 7.94. The molecule has 96 valence electrons. The molecular weight excluding hydrogens is 258 g/mol. The van der Waals surface area contributed by atoms with Crippen LogP contribution < -0.4 is 5.32 Å². The van der Waals surface area contributed by atoms with E-state index in [0.717, 1.165) is 16.3 Å². The average molecular weight is 276 g/mol. The Hall–Kier alpha value is -0.740. The Kier molecular flexibility index (Phi) is 5.28. The predicted molar refractivity (Wildman–Crippen MR) is 73.6 cm³/mol. The van der Waals surface area contributed by atoms with Crippen LogP contribution in [0.2, 0.25) is 5.02 Å². The number of hydrogen-bond acceptors (Lipinski definition) is 3. The molecule has 0 fully saturated rings. The maximum atomic E-state index is 11.3. The second-order valence-electron chi connectivity index (χ2n) is 3.98. The lowest BCUT2D eigenvalue weighted by molar-refractivity contribution is 0.595. The molecule has 0 saturated carbocycles. The van der Waals surface area contributed by atoms with Gasteiger partial charge >= 0.3 is 0 Å². The summed E-state index contributed by atoms with van der Waals surface area (Å²) < 4.78 is 22.5. The molecule has 3 nitrogen and oxygen atoms in total. The van der Waals surface area contributed by atoms with Crippen molar-refractivity contribution in [2.75, 3.05) is 23.4 Å². The largest absolute Gasteiger partial charge is 0.385 e. The molecule has 5 heteroatoms. The van der Waals surface area contributed by atoms with Crippen LogP contribution in [0.25, 0.3) is 0 Å². The van der Waals surface area contributed by atoms with E-state index in [-0.39, 0.29) is 11.5 Å². The zero-order valence-corrected chi connectivity index (χ0v) is 11.7. The van der Waals surface area contributed by atoms with E-state index in [4.69, 9.17) is 11.6 Å². The van der Waals surface area contributed by atoms with Gasteiger partial charge in [-0.15, -0.1) is 0 Å². The average Bonchev–Trinajstić information content (AvgIpc) is 2.29. The minimum atomic E-state index is -2.85. The topological polar surface area (TPSA) is 46.2 Å². The number of sulfone groups is 1. The molecule has 0 bridgehead atoms. The lowest BCUT2D eigenvalue weighted by Gasteiger charge is -2.07. The van der Waals surface area contributed by atoms with E-state index in [0.29, 0.717) is 13.0 Å². The van der Waals surface area contributed by atoms with Gasteiger partial charge in [0, 0.05) is 23.0 Å². The Morgan fingerprint density at radius 1 is 1.35 bits per heavy atom. The van der Waals surface area contributed by atoms with Crippen molar-refractivity contribution in [3.8, 4) is 0 Å². The predicted octanol–water partition coefficient (Wildman–Crippen LogP) is 2.89. The number of aryl methyl sites for hydroxylation is 1. The van der Waals surface area contributed by atoms with Crippen molar-refractivity contribution in [3.63, 3.8) is 0 Å². The fourth-order valence-electron chi connectivity index (χ4n) is 1.37. The highest BCUT2D eigenvalue weighted by Crippen LogP contribution is 2.19. The number of rotatable bonds is 6. The van der Waals surface area contributed by atoms with Gasteiger partial charge in [0.15, 0.2) is 0 Å². The number of nitrogens with one attached hydrogen (secondary N) is 1. The van der Waals surface area contributed by atoms with Gasteiger partial charge in [0.1, 0.15) is 9.84 Å². The van der Waals surface area contributed by atoms with Crippen molar-refractivity contribution >= 4 is 27.1 Å². The van der Waals surface area contributed by atoms with Crippen LogP contribution in [0.5, 0.6) is 0 Å². The lowest BCUT2D eigenvalue weighted by Crippen LogP contribution is -2.12. The Balaban J connectivity index is 2.39. The molecular formula is C12H18ClNO2S. The third-order valence-corrected chi connectivity index (χ3v) is 4.77. The summed E-state index contributed by atoms with van der Waals surface area (Å²) in [6, 6.07) is 5.73. The van der Waals surface area contributed by atoms with E-state index in [1.54, 1.807) is 6.92 Å². The highest BCUT2D eigenvalue weighted by Gasteiger charge is 2.06. The number of halogens is 1. The van der Waals surface area contributed by atoms with Crippen molar-refractivity contribution in [3.05, 3.63) is 28.8 Å². The number of benzene rings is 1. The second kappa shape index (κ2) is 6.26. The summed E-state index contributed by atoms with van der Waals surface area (Å²) in [5, 5.41) is 3.88. The first-order valence-electron chi connectivity index (χ1n) is 5.65. The van der Waals surface area contributed by atoms with Gasteiger partial charge in [-0.2, -0.15) is 0 Å². The molecule has 0 aliphatic heterocycles. The molecule has 0 aromatic heterocycles. The van der Waals surface area contributed by atoms with Crippen LogP contribution in [0, 0.1) is 6.92 Å². The van der Waals surface area contributed by atoms with Gasteiger partial charge in [0.2, 0.25) is 0 Å². The molecule has 1 N–H and O–H groups in total. The Morgan fingerprint density at radius 3 is 2.65 bits per heavy atom. The molecule has 0 radical (unpaired) electrons. The van der Waals surface area contributed by atoms with Gasteiger partial charge in [-0.1, -0.05) is 24.6 Å². The summed E-state index contributed by atoms with van der Waals surface area (Å²) in [6.07, 6.45) is 0.613. The quantitative estimate of drug-likeness (QED) is 0.812. The molecule has 0 heterocycles. The van der Waals surface area contributed by atoms with E-state index in [1.165, 1.54) is 0 Å². The van der Waals surface area contributed by atoms with Gasteiger partial charge in [0.25, 0.3) is 0 Å². The van der Waals surface area contributed by atoms with E-state index in [1.807, 2.05) is 25.1 Å². The Bertz CT molecular complexity index is 471. The third-order valence-electron chi connectivity index (χ3n) is 2.57. The zero-order valence-electron chi connectivity index (χ0n) is 10.2. The standard InChI is InChI=1S/C12H18ClNO2S/c1-3-17(15,16)8-4-7-14-11-6-5-10(2)12(13)9-11/h5-6,9,14H,3-4,7-8H2,1-2H3. The number of anilines is 1. The molecule has 0 aliphatic carbocycles. The van der Waals surface area contributed by atoms with Crippen LogP contribution in [0.3, 0.4) is 0 Å². The SMILES string of the molecule is CCS(=O)(=O)CCCNc1ccc(C)c(Cl)c1. The third kappa shape index (κ3) is 4.96. The van der Waals surface area contributed by atoms with Crippen molar-refractivity contribution in [2.24, 2.45) is 0 Å². The summed E-state index contributed by atoms with van der Waals surface area (Å²) in [6.45, 7) is 4.25. The molecule has 0 spiro atoms. The van der Waals surface area contributed by atoms with Crippen LogP contribution in [0.1, 0.15) is 18.9 Å². The summed E-state index contributed by atoms with van der Waals surface area (Å²) in [5.74, 6) is 0.444. The Labute approximate surface area is 108 Å². The highest BCUT2D eigenvalue weighted by atomic mass is 35.5. The summed E-state index contributed by atoms with van der Waals surface area (Å²) in [5.41, 5.74) is 1.96.